The topological polar surface area (TPSA) is 67.2 Å². The number of anilines is 1. The van der Waals surface area contributed by atoms with Gasteiger partial charge < -0.3 is 10.2 Å². The quantitative estimate of drug-likeness (QED) is 0.929. The SMILES string of the molecule is C[C@]12CCC(=O)N1[C@H](C(=O)Nc1ccn(-c3ccccc3)n1)CS2. The Morgan fingerprint density at radius 2 is 2.12 bits per heavy atom. The molecule has 0 spiro atoms. The Morgan fingerprint density at radius 1 is 1.33 bits per heavy atom. The van der Waals surface area contributed by atoms with Gasteiger partial charge in [-0.15, -0.1) is 11.8 Å². The number of benzene rings is 1. The van der Waals surface area contributed by atoms with Crippen molar-refractivity contribution in [3.05, 3.63) is 42.6 Å². The highest BCUT2D eigenvalue weighted by molar-refractivity contribution is 8.01. The van der Waals surface area contributed by atoms with Gasteiger partial charge >= 0.3 is 0 Å². The highest BCUT2D eigenvalue weighted by Crippen LogP contribution is 2.47. The molecule has 24 heavy (non-hydrogen) atoms. The number of rotatable bonds is 3. The molecular formula is C17H18N4O2S. The lowest BCUT2D eigenvalue weighted by atomic mass is 10.2. The van der Waals surface area contributed by atoms with Crippen molar-refractivity contribution in [2.75, 3.05) is 11.1 Å². The zero-order valence-corrected chi connectivity index (χ0v) is 14.1. The molecule has 124 valence electrons. The summed E-state index contributed by atoms with van der Waals surface area (Å²) in [5.74, 6) is 1.03. The molecule has 2 aromatic rings. The molecule has 0 saturated carbocycles. The maximum absolute atomic E-state index is 12.6. The smallest absolute Gasteiger partial charge is 0.249 e. The summed E-state index contributed by atoms with van der Waals surface area (Å²) in [6.07, 6.45) is 3.14. The van der Waals surface area contributed by atoms with E-state index in [1.165, 1.54) is 0 Å². The zero-order chi connectivity index (χ0) is 16.7. The molecule has 2 saturated heterocycles. The Balaban J connectivity index is 1.49. The molecule has 1 aromatic carbocycles. The Hall–Kier alpha value is -2.28. The van der Waals surface area contributed by atoms with Crippen molar-refractivity contribution < 1.29 is 9.59 Å². The highest BCUT2D eigenvalue weighted by atomic mass is 32.2. The number of thioether (sulfide) groups is 1. The number of nitrogens with one attached hydrogen (secondary N) is 1. The average Bonchev–Trinajstić information content (AvgIpc) is 3.25. The third-order valence-corrected chi connectivity index (χ3v) is 6.11. The van der Waals surface area contributed by atoms with Gasteiger partial charge in [0.25, 0.3) is 0 Å². The Bertz CT molecular complexity index is 791. The van der Waals surface area contributed by atoms with Gasteiger partial charge in [-0.05, 0) is 25.5 Å². The normalized spacial score (nSPS) is 25.8. The first kappa shape index (κ1) is 15.3. The first-order chi connectivity index (χ1) is 11.6. The predicted molar refractivity (Wildman–Crippen MR) is 92.9 cm³/mol. The average molecular weight is 342 g/mol. The monoisotopic (exact) mass is 342 g/mol. The summed E-state index contributed by atoms with van der Waals surface area (Å²) in [6, 6.07) is 11.0. The van der Waals surface area contributed by atoms with Gasteiger partial charge in [0.2, 0.25) is 11.8 Å². The molecule has 0 bridgehead atoms. The van der Waals surface area contributed by atoms with Crippen molar-refractivity contribution in [3.63, 3.8) is 0 Å². The summed E-state index contributed by atoms with van der Waals surface area (Å²) in [4.78, 5) is 26.3. The van der Waals surface area contributed by atoms with Crippen LogP contribution in [0.3, 0.4) is 0 Å². The number of fused-ring (bicyclic) bond motifs is 1. The molecule has 0 unspecified atom stereocenters. The molecule has 0 aliphatic carbocycles. The second kappa shape index (κ2) is 5.66. The zero-order valence-electron chi connectivity index (χ0n) is 13.3. The van der Waals surface area contributed by atoms with E-state index in [1.54, 1.807) is 33.6 Å². The maximum atomic E-state index is 12.6. The maximum Gasteiger partial charge on any atom is 0.249 e. The number of hydrogen-bond acceptors (Lipinski definition) is 4. The number of nitrogens with zero attached hydrogens (tertiary/aromatic N) is 3. The summed E-state index contributed by atoms with van der Waals surface area (Å²) in [6.45, 7) is 2.04. The molecule has 6 nitrogen and oxygen atoms in total. The van der Waals surface area contributed by atoms with E-state index in [9.17, 15) is 9.59 Å². The van der Waals surface area contributed by atoms with Crippen molar-refractivity contribution in [2.45, 2.75) is 30.7 Å². The van der Waals surface area contributed by atoms with Gasteiger partial charge in [0, 0.05) is 24.4 Å². The van der Waals surface area contributed by atoms with Crippen LogP contribution < -0.4 is 5.32 Å². The second-order valence-electron chi connectivity index (χ2n) is 6.24. The van der Waals surface area contributed by atoms with Crippen LogP contribution in [-0.4, -0.2) is 43.2 Å². The summed E-state index contributed by atoms with van der Waals surface area (Å²) in [7, 11) is 0. The lowest BCUT2D eigenvalue weighted by molar-refractivity contribution is -0.135. The first-order valence-corrected chi connectivity index (χ1v) is 8.93. The summed E-state index contributed by atoms with van der Waals surface area (Å²) < 4.78 is 1.71. The fourth-order valence-corrected chi connectivity index (χ4v) is 4.77. The van der Waals surface area contributed by atoms with Crippen molar-refractivity contribution in [3.8, 4) is 5.69 Å². The third-order valence-electron chi connectivity index (χ3n) is 4.61. The fourth-order valence-electron chi connectivity index (χ4n) is 3.34. The molecule has 2 atom stereocenters. The van der Waals surface area contributed by atoms with Gasteiger partial charge in [0.1, 0.15) is 6.04 Å². The van der Waals surface area contributed by atoms with Crippen LogP contribution in [0, 0.1) is 0 Å². The molecule has 2 aliphatic rings. The number of aromatic nitrogens is 2. The van der Waals surface area contributed by atoms with E-state index in [2.05, 4.69) is 10.4 Å². The predicted octanol–water partition coefficient (Wildman–Crippen LogP) is 2.26. The minimum Gasteiger partial charge on any atom is -0.315 e. The number of carbonyl (C=O) groups excluding carboxylic acids is 2. The van der Waals surface area contributed by atoms with Crippen LogP contribution in [0.1, 0.15) is 19.8 Å². The van der Waals surface area contributed by atoms with Gasteiger partial charge in [-0.25, -0.2) is 4.68 Å². The van der Waals surface area contributed by atoms with Crippen LogP contribution in [0.2, 0.25) is 0 Å². The van der Waals surface area contributed by atoms with Gasteiger partial charge in [-0.2, -0.15) is 5.10 Å². The summed E-state index contributed by atoms with van der Waals surface area (Å²) >= 11 is 1.69. The summed E-state index contributed by atoms with van der Waals surface area (Å²) in [5, 5.41) is 7.23. The molecule has 1 N–H and O–H groups in total. The summed E-state index contributed by atoms with van der Waals surface area (Å²) in [5.41, 5.74) is 0.928. The Morgan fingerprint density at radius 3 is 2.92 bits per heavy atom. The molecule has 4 rings (SSSR count). The molecule has 2 aliphatic heterocycles. The van der Waals surface area contributed by atoms with E-state index < -0.39 is 6.04 Å². The van der Waals surface area contributed by atoms with E-state index >= 15 is 0 Å². The second-order valence-corrected chi connectivity index (χ2v) is 7.74. The first-order valence-electron chi connectivity index (χ1n) is 7.95. The van der Waals surface area contributed by atoms with E-state index in [-0.39, 0.29) is 16.7 Å². The Kier molecular flexibility index (Phi) is 3.60. The minimum atomic E-state index is -0.420. The van der Waals surface area contributed by atoms with Crippen molar-refractivity contribution >= 4 is 29.4 Å². The van der Waals surface area contributed by atoms with Gasteiger partial charge in [-0.3, -0.25) is 9.59 Å². The van der Waals surface area contributed by atoms with Gasteiger partial charge in [-0.1, -0.05) is 18.2 Å². The van der Waals surface area contributed by atoms with Crippen molar-refractivity contribution in [1.82, 2.24) is 14.7 Å². The molecule has 3 heterocycles. The van der Waals surface area contributed by atoms with Crippen LogP contribution in [0.25, 0.3) is 5.69 Å². The van der Waals surface area contributed by atoms with Crippen molar-refractivity contribution in [2.24, 2.45) is 0 Å². The Labute approximate surface area is 144 Å². The van der Waals surface area contributed by atoms with Crippen LogP contribution in [0.5, 0.6) is 0 Å². The third kappa shape index (κ3) is 2.49. The fraction of sp³-hybridized carbons (Fsp3) is 0.353. The van der Waals surface area contributed by atoms with Crippen LogP contribution in [0.15, 0.2) is 42.6 Å². The van der Waals surface area contributed by atoms with E-state index in [4.69, 9.17) is 0 Å². The largest absolute Gasteiger partial charge is 0.315 e. The lowest BCUT2D eigenvalue weighted by Gasteiger charge is -2.29. The van der Waals surface area contributed by atoms with Crippen LogP contribution in [0.4, 0.5) is 5.82 Å². The van der Waals surface area contributed by atoms with Crippen LogP contribution in [-0.2, 0) is 9.59 Å². The number of amides is 2. The minimum absolute atomic E-state index is 0.0671. The van der Waals surface area contributed by atoms with E-state index in [1.807, 2.05) is 37.3 Å². The molecule has 2 amide bonds. The van der Waals surface area contributed by atoms with Crippen LogP contribution >= 0.6 is 11.8 Å². The number of hydrogen-bond donors (Lipinski definition) is 1. The van der Waals surface area contributed by atoms with E-state index in [0.29, 0.717) is 18.0 Å². The standard InChI is InChI=1S/C17H18N4O2S/c1-17-9-7-15(22)21(17)13(11-24-17)16(23)18-14-8-10-20(19-14)12-5-3-2-4-6-12/h2-6,8,10,13H,7,9,11H2,1H3,(H,18,19,23)/t13-,17-/m0/s1. The molecule has 0 radical (unpaired) electrons. The van der Waals surface area contributed by atoms with E-state index in [0.717, 1.165) is 12.1 Å². The molecule has 7 heteroatoms. The number of carbonyl (C=O) groups is 2. The molecule has 2 fully saturated rings. The van der Waals surface area contributed by atoms with Gasteiger partial charge in [0.15, 0.2) is 5.82 Å². The van der Waals surface area contributed by atoms with Gasteiger partial charge in [0.05, 0.1) is 10.6 Å². The lowest BCUT2D eigenvalue weighted by Crippen LogP contribution is -2.48. The molecule has 1 aromatic heterocycles. The molecular weight excluding hydrogens is 324 g/mol. The highest BCUT2D eigenvalue weighted by Gasteiger charge is 2.52. The number of para-hydroxylation sites is 1. The van der Waals surface area contributed by atoms with Crippen molar-refractivity contribution in [1.29, 1.82) is 0 Å².